The van der Waals surface area contributed by atoms with Gasteiger partial charge in [0.1, 0.15) is 0 Å². The molecular weight excluding hydrogens is 276 g/mol. The molecule has 0 aromatic rings. The maximum Gasteiger partial charge on any atom is 0.306 e. The van der Waals surface area contributed by atoms with Gasteiger partial charge in [-0.1, -0.05) is 13.3 Å². The van der Waals surface area contributed by atoms with E-state index in [0.717, 1.165) is 44.9 Å². The van der Waals surface area contributed by atoms with Gasteiger partial charge in [-0.15, -0.1) is 0 Å². The fourth-order valence-electron chi connectivity index (χ4n) is 7.70. The van der Waals surface area contributed by atoms with Crippen LogP contribution in [0, 0.1) is 34.5 Å². The summed E-state index contributed by atoms with van der Waals surface area (Å²) in [4.78, 5) is 11.6. The highest BCUT2D eigenvalue weighted by atomic mass is 16.4. The van der Waals surface area contributed by atoms with Crippen molar-refractivity contribution in [3.8, 4) is 0 Å². The van der Waals surface area contributed by atoms with Gasteiger partial charge in [0.05, 0.1) is 11.5 Å². The van der Waals surface area contributed by atoms with Gasteiger partial charge in [0.2, 0.25) is 0 Å². The molecule has 4 aliphatic rings. The molecule has 4 saturated carbocycles. The van der Waals surface area contributed by atoms with Gasteiger partial charge in [-0.3, -0.25) is 4.79 Å². The van der Waals surface area contributed by atoms with Crippen LogP contribution in [0.15, 0.2) is 0 Å². The van der Waals surface area contributed by atoms with Gasteiger partial charge >= 0.3 is 5.97 Å². The standard InChI is InChI=1S/C19H30O3/c1-17-7-3-8-18(2,22)14(17)6-9-19-10-12(4-5-15(17)19)13(11-19)16(20)21/h12-15,22H,3-11H2,1-2H3,(H,20,21)/t12-,13-,14+,15+,17-,18+,19+/m1/s1. The topological polar surface area (TPSA) is 57.5 Å². The van der Waals surface area contributed by atoms with E-state index >= 15 is 0 Å². The molecule has 124 valence electrons. The first-order chi connectivity index (χ1) is 10.3. The Labute approximate surface area is 133 Å². The first-order valence-electron chi connectivity index (χ1n) is 9.24. The van der Waals surface area contributed by atoms with E-state index in [-0.39, 0.29) is 16.7 Å². The molecule has 0 aromatic heterocycles. The van der Waals surface area contributed by atoms with Crippen LogP contribution in [0.3, 0.4) is 0 Å². The van der Waals surface area contributed by atoms with Crippen molar-refractivity contribution in [2.24, 2.45) is 34.5 Å². The molecule has 4 aliphatic carbocycles. The van der Waals surface area contributed by atoms with Gasteiger partial charge < -0.3 is 10.2 Å². The number of rotatable bonds is 1. The maximum absolute atomic E-state index is 11.6. The zero-order valence-electron chi connectivity index (χ0n) is 14.0. The van der Waals surface area contributed by atoms with E-state index in [4.69, 9.17) is 0 Å². The first-order valence-corrected chi connectivity index (χ1v) is 9.24. The summed E-state index contributed by atoms with van der Waals surface area (Å²) in [7, 11) is 0. The van der Waals surface area contributed by atoms with Crippen LogP contribution in [-0.2, 0) is 4.79 Å². The van der Waals surface area contributed by atoms with Crippen LogP contribution in [0.25, 0.3) is 0 Å². The lowest BCUT2D eigenvalue weighted by molar-refractivity contribution is -0.180. The third-order valence-electron chi connectivity index (χ3n) is 8.42. The molecule has 3 heteroatoms. The van der Waals surface area contributed by atoms with E-state index in [1.165, 1.54) is 12.8 Å². The van der Waals surface area contributed by atoms with Gasteiger partial charge in [-0.2, -0.15) is 0 Å². The summed E-state index contributed by atoms with van der Waals surface area (Å²) in [6.07, 6.45) is 9.86. The molecule has 0 amide bonds. The fraction of sp³-hybridized carbons (Fsp3) is 0.947. The lowest BCUT2D eigenvalue weighted by atomic mass is 9.43. The van der Waals surface area contributed by atoms with E-state index in [0.29, 0.717) is 17.8 Å². The molecule has 0 saturated heterocycles. The van der Waals surface area contributed by atoms with Crippen LogP contribution < -0.4 is 0 Å². The van der Waals surface area contributed by atoms with Crippen molar-refractivity contribution in [1.82, 2.24) is 0 Å². The molecule has 0 aliphatic heterocycles. The zero-order valence-corrected chi connectivity index (χ0v) is 14.0. The Morgan fingerprint density at radius 2 is 1.77 bits per heavy atom. The van der Waals surface area contributed by atoms with E-state index in [1.807, 2.05) is 6.92 Å². The molecule has 4 fully saturated rings. The number of carbonyl (C=O) groups is 1. The monoisotopic (exact) mass is 306 g/mol. The predicted octanol–water partition coefficient (Wildman–Crippen LogP) is 3.84. The van der Waals surface area contributed by atoms with Crippen molar-refractivity contribution in [1.29, 1.82) is 0 Å². The lowest BCUT2D eigenvalue weighted by Crippen LogP contribution is -2.58. The van der Waals surface area contributed by atoms with Gasteiger partial charge in [-0.05, 0) is 86.9 Å². The van der Waals surface area contributed by atoms with Crippen molar-refractivity contribution in [2.45, 2.75) is 77.2 Å². The normalized spacial score (nSPS) is 57.0. The minimum absolute atomic E-state index is 0.103. The molecule has 0 aromatic carbocycles. The van der Waals surface area contributed by atoms with Crippen LogP contribution in [0.1, 0.15) is 71.6 Å². The van der Waals surface area contributed by atoms with E-state index in [2.05, 4.69) is 6.92 Å². The van der Waals surface area contributed by atoms with Gasteiger partial charge in [0.15, 0.2) is 0 Å². The average molecular weight is 306 g/mol. The number of carboxylic acid groups (broad SMARTS) is 1. The molecule has 4 rings (SSSR count). The van der Waals surface area contributed by atoms with Crippen LogP contribution in [0.2, 0.25) is 0 Å². The first kappa shape index (κ1) is 15.0. The van der Waals surface area contributed by atoms with Crippen LogP contribution in [-0.4, -0.2) is 21.8 Å². The number of aliphatic hydroxyl groups is 1. The Morgan fingerprint density at radius 1 is 1.00 bits per heavy atom. The third kappa shape index (κ3) is 1.81. The number of hydrogen-bond donors (Lipinski definition) is 2. The molecule has 3 nitrogen and oxygen atoms in total. The van der Waals surface area contributed by atoms with Crippen molar-refractivity contribution in [3.05, 3.63) is 0 Å². The summed E-state index contributed by atoms with van der Waals surface area (Å²) in [6.45, 7) is 4.47. The van der Waals surface area contributed by atoms with Gasteiger partial charge in [-0.25, -0.2) is 0 Å². The van der Waals surface area contributed by atoms with Gasteiger partial charge in [0, 0.05) is 0 Å². The van der Waals surface area contributed by atoms with Crippen molar-refractivity contribution < 1.29 is 15.0 Å². The predicted molar refractivity (Wildman–Crippen MR) is 84.3 cm³/mol. The highest BCUT2D eigenvalue weighted by Crippen LogP contribution is 2.71. The number of carboxylic acids is 1. The SMILES string of the molecule is C[C@@]12CCC[C@](C)(O)[C@H]1CC[C@@]13C[C@@H](CC[C@H]12)[C@H](C(=O)O)C3. The minimum atomic E-state index is -0.564. The molecule has 2 bridgehead atoms. The molecule has 0 heterocycles. The largest absolute Gasteiger partial charge is 0.481 e. The second-order valence-corrected chi connectivity index (χ2v) is 9.41. The second-order valence-electron chi connectivity index (χ2n) is 9.41. The van der Waals surface area contributed by atoms with Crippen molar-refractivity contribution in [3.63, 3.8) is 0 Å². The highest BCUT2D eigenvalue weighted by Gasteiger charge is 2.65. The molecule has 22 heavy (non-hydrogen) atoms. The van der Waals surface area contributed by atoms with Crippen LogP contribution in [0.4, 0.5) is 0 Å². The maximum atomic E-state index is 11.6. The molecule has 0 unspecified atom stereocenters. The molecular formula is C19H30O3. The summed E-state index contributed by atoms with van der Waals surface area (Å²) in [5.41, 5.74) is -0.0285. The van der Waals surface area contributed by atoms with E-state index in [9.17, 15) is 15.0 Å². The van der Waals surface area contributed by atoms with E-state index in [1.54, 1.807) is 0 Å². The minimum Gasteiger partial charge on any atom is -0.481 e. The highest BCUT2D eigenvalue weighted by molar-refractivity contribution is 5.71. The summed E-state index contributed by atoms with van der Waals surface area (Å²) in [5.74, 6) is 0.786. The molecule has 7 atom stereocenters. The number of hydrogen-bond acceptors (Lipinski definition) is 2. The smallest absolute Gasteiger partial charge is 0.306 e. The Bertz CT molecular complexity index is 499. The Morgan fingerprint density at radius 3 is 2.50 bits per heavy atom. The lowest BCUT2D eigenvalue weighted by Gasteiger charge is -2.63. The Hall–Kier alpha value is -0.570. The fourth-order valence-corrected chi connectivity index (χ4v) is 7.70. The molecule has 1 spiro atoms. The third-order valence-corrected chi connectivity index (χ3v) is 8.42. The number of aliphatic carboxylic acids is 1. The van der Waals surface area contributed by atoms with E-state index < -0.39 is 11.6 Å². The Balaban J connectivity index is 1.70. The van der Waals surface area contributed by atoms with Crippen molar-refractivity contribution >= 4 is 5.97 Å². The van der Waals surface area contributed by atoms with Crippen LogP contribution in [0.5, 0.6) is 0 Å². The molecule has 2 N–H and O–H groups in total. The van der Waals surface area contributed by atoms with Crippen molar-refractivity contribution in [2.75, 3.05) is 0 Å². The van der Waals surface area contributed by atoms with Gasteiger partial charge in [0.25, 0.3) is 0 Å². The Kier molecular flexibility index (Phi) is 3.06. The van der Waals surface area contributed by atoms with Crippen LogP contribution >= 0.6 is 0 Å². The zero-order chi connectivity index (χ0) is 15.8. The summed E-state index contributed by atoms with van der Waals surface area (Å²) in [5, 5.41) is 20.5. The second kappa shape index (κ2) is 4.49. The molecule has 0 radical (unpaired) electrons. The number of fused-ring (bicyclic) bond motifs is 3. The summed E-state index contributed by atoms with van der Waals surface area (Å²) >= 11 is 0. The summed E-state index contributed by atoms with van der Waals surface area (Å²) in [6, 6.07) is 0. The quantitative estimate of drug-likeness (QED) is 0.773. The summed E-state index contributed by atoms with van der Waals surface area (Å²) < 4.78 is 0. The average Bonchev–Trinajstić information content (AvgIpc) is 2.69.